The maximum atomic E-state index is 11.4. The highest BCUT2D eigenvalue weighted by Crippen LogP contribution is 2.18. The van der Waals surface area contributed by atoms with Crippen LogP contribution in [-0.4, -0.2) is 23.4 Å². The Morgan fingerprint density at radius 2 is 2.29 bits per heavy atom. The first kappa shape index (κ1) is 11.9. The number of aromatic nitrogens is 1. The maximum absolute atomic E-state index is 11.4. The highest BCUT2D eigenvalue weighted by Gasteiger charge is 2.08. The zero-order chi connectivity index (χ0) is 12.3. The van der Waals surface area contributed by atoms with Crippen LogP contribution in [0.1, 0.15) is 16.1 Å². The Morgan fingerprint density at radius 3 is 3.00 bits per heavy atom. The highest BCUT2D eigenvalue weighted by molar-refractivity contribution is 9.09. The molecule has 1 N–H and O–H groups in total. The predicted molar refractivity (Wildman–Crippen MR) is 72.5 cm³/mol. The minimum Gasteiger partial charge on any atom is -0.464 e. The van der Waals surface area contributed by atoms with E-state index in [0.29, 0.717) is 5.69 Å². The van der Waals surface area contributed by atoms with Crippen LogP contribution in [0.25, 0.3) is 17.0 Å². The number of allylic oxidation sites excluding steroid dienone is 1. The van der Waals surface area contributed by atoms with Gasteiger partial charge in [0, 0.05) is 16.2 Å². The minimum atomic E-state index is -0.348. The van der Waals surface area contributed by atoms with E-state index in [0.717, 1.165) is 21.8 Å². The molecule has 0 unspecified atom stereocenters. The number of aromatic amines is 1. The van der Waals surface area contributed by atoms with Crippen molar-refractivity contribution in [2.75, 3.05) is 12.4 Å². The molecule has 0 spiro atoms. The number of ether oxygens (including phenoxy) is 1. The third kappa shape index (κ3) is 2.58. The van der Waals surface area contributed by atoms with E-state index in [2.05, 4.69) is 25.7 Å². The number of carbonyl (C=O) groups excluding carboxylic acids is 1. The smallest absolute Gasteiger partial charge is 0.354 e. The Morgan fingerprint density at radius 1 is 1.47 bits per heavy atom. The van der Waals surface area contributed by atoms with Crippen LogP contribution in [0.4, 0.5) is 0 Å². The van der Waals surface area contributed by atoms with Gasteiger partial charge in [-0.05, 0) is 17.7 Å². The summed E-state index contributed by atoms with van der Waals surface area (Å²) < 4.78 is 4.67. The van der Waals surface area contributed by atoms with E-state index in [4.69, 9.17) is 0 Å². The fraction of sp³-hybridized carbons (Fsp3) is 0.154. The van der Waals surface area contributed by atoms with Gasteiger partial charge in [0.15, 0.2) is 0 Å². The van der Waals surface area contributed by atoms with Crippen molar-refractivity contribution in [1.29, 1.82) is 0 Å². The summed E-state index contributed by atoms with van der Waals surface area (Å²) in [6.45, 7) is 0. The summed E-state index contributed by atoms with van der Waals surface area (Å²) in [7, 11) is 1.37. The monoisotopic (exact) mass is 293 g/mol. The molecule has 0 bridgehead atoms. The summed E-state index contributed by atoms with van der Waals surface area (Å²) in [5.41, 5.74) is 2.50. The lowest BCUT2D eigenvalue weighted by Gasteiger charge is -1.94. The van der Waals surface area contributed by atoms with Gasteiger partial charge >= 0.3 is 5.97 Å². The van der Waals surface area contributed by atoms with E-state index in [1.165, 1.54) is 7.11 Å². The third-order valence-corrected chi connectivity index (χ3v) is 2.83. The maximum Gasteiger partial charge on any atom is 0.354 e. The molecule has 0 aliphatic rings. The van der Waals surface area contributed by atoms with Gasteiger partial charge in [-0.15, -0.1) is 0 Å². The second-order valence-corrected chi connectivity index (χ2v) is 4.23. The average molecular weight is 294 g/mol. The molecule has 0 amide bonds. The van der Waals surface area contributed by atoms with E-state index in [9.17, 15) is 4.79 Å². The molecule has 0 saturated heterocycles. The number of nitrogens with one attached hydrogen (secondary N) is 1. The van der Waals surface area contributed by atoms with Crippen LogP contribution in [0.3, 0.4) is 0 Å². The minimum absolute atomic E-state index is 0.348. The van der Waals surface area contributed by atoms with Gasteiger partial charge in [0.1, 0.15) is 5.69 Å². The molecular weight excluding hydrogens is 282 g/mol. The fourth-order valence-corrected chi connectivity index (χ4v) is 1.84. The summed E-state index contributed by atoms with van der Waals surface area (Å²) in [5, 5.41) is 1.82. The lowest BCUT2D eigenvalue weighted by atomic mass is 10.1. The molecule has 0 radical (unpaired) electrons. The largest absolute Gasteiger partial charge is 0.464 e. The number of carbonyl (C=O) groups is 1. The van der Waals surface area contributed by atoms with Crippen molar-refractivity contribution in [3.63, 3.8) is 0 Å². The number of esters is 1. The van der Waals surface area contributed by atoms with Gasteiger partial charge in [-0.1, -0.05) is 40.2 Å². The van der Waals surface area contributed by atoms with Gasteiger partial charge in [-0.3, -0.25) is 0 Å². The number of H-pyrrole nitrogens is 1. The standard InChI is InChI=1S/C13H12BrNO2/c1-17-13(16)12-8-10-5-4-9(3-2-6-14)7-11(10)15-12/h2-5,7-8,15H,6H2,1H3. The molecule has 1 aromatic heterocycles. The van der Waals surface area contributed by atoms with Crippen LogP contribution in [0, 0.1) is 0 Å². The normalized spacial score (nSPS) is 11.2. The van der Waals surface area contributed by atoms with Gasteiger partial charge < -0.3 is 9.72 Å². The van der Waals surface area contributed by atoms with Crippen molar-refractivity contribution in [2.24, 2.45) is 0 Å². The Bertz CT molecular complexity index is 572. The molecule has 0 fully saturated rings. The number of rotatable bonds is 3. The molecule has 4 heteroatoms. The zero-order valence-electron chi connectivity index (χ0n) is 9.37. The number of alkyl halides is 1. The van der Waals surface area contributed by atoms with Crippen LogP contribution >= 0.6 is 15.9 Å². The summed E-state index contributed by atoms with van der Waals surface area (Å²) in [5.74, 6) is -0.348. The van der Waals surface area contributed by atoms with Crippen molar-refractivity contribution in [1.82, 2.24) is 4.98 Å². The first-order valence-corrected chi connectivity index (χ1v) is 6.30. The molecule has 88 valence electrons. The molecule has 2 rings (SSSR count). The third-order valence-electron chi connectivity index (χ3n) is 2.45. The zero-order valence-corrected chi connectivity index (χ0v) is 11.0. The van der Waals surface area contributed by atoms with E-state index < -0.39 is 0 Å². The Balaban J connectivity index is 2.40. The molecule has 0 saturated carbocycles. The first-order valence-electron chi connectivity index (χ1n) is 5.18. The van der Waals surface area contributed by atoms with Crippen molar-refractivity contribution in [2.45, 2.75) is 0 Å². The summed E-state index contributed by atoms with van der Waals surface area (Å²) in [6.07, 6.45) is 4.04. The fourth-order valence-electron chi connectivity index (χ4n) is 1.65. The predicted octanol–water partition coefficient (Wildman–Crippen LogP) is 3.36. The van der Waals surface area contributed by atoms with Gasteiger partial charge in [-0.25, -0.2) is 4.79 Å². The van der Waals surface area contributed by atoms with E-state index in [1.807, 2.05) is 30.4 Å². The van der Waals surface area contributed by atoms with Crippen LogP contribution in [0.5, 0.6) is 0 Å². The average Bonchev–Trinajstić information content (AvgIpc) is 2.78. The van der Waals surface area contributed by atoms with Crippen molar-refractivity contribution < 1.29 is 9.53 Å². The molecule has 17 heavy (non-hydrogen) atoms. The molecule has 0 aliphatic carbocycles. The van der Waals surface area contributed by atoms with E-state index in [1.54, 1.807) is 6.07 Å². The number of halogens is 1. The van der Waals surface area contributed by atoms with Crippen LogP contribution in [0.2, 0.25) is 0 Å². The summed E-state index contributed by atoms with van der Waals surface area (Å²) in [6, 6.07) is 7.78. The van der Waals surface area contributed by atoms with Gasteiger partial charge in [0.05, 0.1) is 7.11 Å². The van der Waals surface area contributed by atoms with Gasteiger partial charge in [0.25, 0.3) is 0 Å². The Kier molecular flexibility index (Phi) is 3.64. The number of methoxy groups -OCH3 is 1. The van der Waals surface area contributed by atoms with Crippen LogP contribution in [-0.2, 0) is 4.74 Å². The SMILES string of the molecule is COC(=O)c1cc2ccc(C=CCBr)cc2[nH]1. The van der Waals surface area contributed by atoms with E-state index in [-0.39, 0.29) is 5.97 Å². The van der Waals surface area contributed by atoms with Crippen LogP contribution < -0.4 is 0 Å². The number of fused-ring (bicyclic) bond motifs is 1. The van der Waals surface area contributed by atoms with Crippen LogP contribution in [0.15, 0.2) is 30.3 Å². The van der Waals surface area contributed by atoms with E-state index >= 15 is 0 Å². The summed E-state index contributed by atoms with van der Waals surface area (Å²) >= 11 is 3.33. The molecule has 3 nitrogen and oxygen atoms in total. The second kappa shape index (κ2) is 5.19. The first-order chi connectivity index (χ1) is 8.24. The van der Waals surface area contributed by atoms with Gasteiger partial charge in [0.2, 0.25) is 0 Å². The van der Waals surface area contributed by atoms with Crippen molar-refractivity contribution >= 4 is 38.9 Å². The van der Waals surface area contributed by atoms with Crippen molar-refractivity contribution in [3.05, 3.63) is 41.6 Å². The summed E-state index contributed by atoms with van der Waals surface area (Å²) in [4.78, 5) is 14.4. The van der Waals surface area contributed by atoms with Crippen molar-refractivity contribution in [3.8, 4) is 0 Å². The number of hydrogen-bond acceptors (Lipinski definition) is 2. The number of benzene rings is 1. The molecule has 1 heterocycles. The molecular formula is C13H12BrNO2. The molecule has 1 aromatic carbocycles. The molecule has 0 atom stereocenters. The Labute approximate surface area is 108 Å². The molecule has 0 aliphatic heterocycles. The highest BCUT2D eigenvalue weighted by atomic mass is 79.9. The quantitative estimate of drug-likeness (QED) is 0.696. The second-order valence-electron chi connectivity index (χ2n) is 3.58. The lowest BCUT2D eigenvalue weighted by Crippen LogP contribution is -2.00. The number of hydrogen-bond donors (Lipinski definition) is 1. The topological polar surface area (TPSA) is 42.1 Å². The molecule has 2 aromatic rings. The lowest BCUT2D eigenvalue weighted by molar-refractivity contribution is 0.0595. The van der Waals surface area contributed by atoms with Gasteiger partial charge in [-0.2, -0.15) is 0 Å². The Hall–Kier alpha value is -1.55.